The highest BCUT2D eigenvalue weighted by Gasteiger charge is 2.19. The van der Waals surface area contributed by atoms with E-state index < -0.39 is 5.82 Å². The van der Waals surface area contributed by atoms with Crippen molar-refractivity contribution < 1.29 is 9.18 Å². The third-order valence-corrected chi connectivity index (χ3v) is 3.00. The number of hydrogen-bond acceptors (Lipinski definition) is 2. The SMILES string of the molecule is O=C(NCCNC1CC1)c1cccc(F)c1Cl. The Balaban J connectivity index is 1.83. The Hall–Kier alpha value is -1.13. The molecule has 0 radical (unpaired) electrons. The van der Waals surface area contributed by atoms with Gasteiger partial charge in [0.2, 0.25) is 0 Å². The quantitative estimate of drug-likeness (QED) is 0.791. The van der Waals surface area contributed by atoms with Gasteiger partial charge in [-0.2, -0.15) is 0 Å². The number of carbonyl (C=O) groups excluding carboxylic acids is 1. The number of carbonyl (C=O) groups is 1. The molecule has 0 heterocycles. The molecule has 2 N–H and O–H groups in total. The molecule has 92 valence electrons. The molecule has 1 aliphatic carbocycles. The van der Waals surface area contributed by atoms with Crippen molar-refractivity contribution in [1.29, 1.82) is 0 Å². The molecular formula is C12H14ClFN2O. The first-order chi connectivity index (χ1) is 8.18. The lowest BCUT2D eigenvalue weighted by Crippen LogP contribution is -2.32. The highest BCUT2D eigenvalue weighted by Crippen LogP contribution is 2.19. The van der Waals surface area contributed by atoms with Crippen LogP contribution in [0.25, 0.3) is 0 Å². The molecule has 1 amide bonds. The summed E-state index contributed by atoms with van der Waals surface area (Å²) in [6.07, 6.45) is 2.42. The molecule has 1 fully saturated rings. The van der Waals surface area contributed by atoms with E-state index in [1.807, 2.05) is 0 Å². The fourth-order valence-electron chi connectivity index (χ4n) is 1.51. The topological polar surface area (TPSA) is 41.1 Å². The zero-order valence-corrected chi connectivity index (χ0v) is 10.1. The first kappa shape index (κ1) is 12.3. The Morgan fingerprint density at radius 1 is 1.41 bits per heavy atom. The van der Waals surface area contributed by atoms with Crippen molar-refractivity contribution in [2.75, 3.05) is 13.1 Å². The molecule has 3 nitrogen and oxygen atoms in total. The molecule has 17 heavy (non-hydrogen) atoms. The molecule has 0 atom stereocenters. The van der Waals surface area contributed by atoms with Crippen LogP contribution in [0, 0.1) is 5.82 Å². The summed E-state index contributed by atoms with van der Waals surface area (Å²) in [7, 11) is 0. The van der Waals surface area contributed by atoms with Crippen LogP contribution < -0.4 is 10.6 Å². The molecule has 1 aliphatic rings. The lowest BCUT2D eigenvalue weighted by Gasteiger charge is -2.07. The molecule has 0 aliphatic heterocycles. The normalized spacial score (nSPS) is 14.7. The van der Waals surface area contributed by atoms with Crippen LogP contribution in [0.15, 0.2) is 18.2 Å². The van der Waals surface area contributed by atoms with E-state index in [-0.39, 0.29) is 16.5 Å². The van der Waals surface area contributed by atoms with Crippen molar-refractivity contribution in [3.8, 4) is 0 Å². The van der Waals surface area contributed by atoms with Gasteiger partial charge in [-0.05, 0) is 25.0 Å². The molecule has 0 aromatic heterocycles. The Morgan fingerprint density at radius 2 is 2.18 bits per heavy atom. The molecule has 2 rings (SSSR count). The van der Waals surface area contributed by atoms with Crippen molar-refractivity contribution in [3.63, 3.8) is 0 Å². The van der Waals surface area contributed by atoms with E-state index in [2.05, 4.69) is 10.6 Å². The summed E-state index contributed by atoms with van der Waals surface area (Å²) in [5, 5.41) is 5.84. The van der Waals surface area contributed by atoms with Crippen LogP contribution in [0.2, 0.25) is 5.02 Å². The average Bonchev–Trinajstić information content (AvgIpc) is 3.12. The third kappa shape index (κ3) is 3.41. The van der Waals surface area contributed by atoms with E-state index >= 15 is 0 Å². The maximum absolute atomic E-state index is 13.1. The largest absolute Gasteiger partial charge is 0.351 e. The summed E-state index contributed by atoms with van der Waals surface area (Å²) in [4.78, 5) is 11.7. The summed E-state index contributed by atoms with van der Waals surface area (Å²) in [6, 6.07) is 4.83. The second kappa shape index (κ2) is 5.47. The molecule has 1 saturated carbocycles. The minimum atomic E-state index is -0.574. The minimum absolute atomic E-state index is 0.125. The Morgan fingerprint density at radius 3 is 2.88 bits per heavy atom. The van der Waals surface area contributed by atoms with Crippen LogP contribution in [0.1, 0.15) is 23.2 Å². The highest BCUT2D eigenvalue weighted by atomic mass is 35.5. The van der Waals surface area contributed by atoms with Crippen LogP contribution in [-0.4, -0.2) is 25.0 Å². The summed E-state index contributed by atoms with van der Waals surface area (Å²) in [5.74, 6) is -0.914. The summed E-state index contributed by atoms with van der Waals surface area (Å²) in [6.45, 7) is 1.24. The molecular weight excluding hydrogens is 243 g/mol. The smallest absolute Gasteiger partial charge is 0.252 e. The fourth-order valence-corrected chi connectivity index (χ4v) is 1.73. The van der Waals surface area contributed by atoms with Crippen molar-refractivity contribution in [2.45, 2.75) is 18.9 Å². The van der Waals surface area contributed by atoms with E-state index in [0.717, 1.165) is 6.54 Å². The first-order valence-corrected chi connectivity index (χ1v) is 6.02. The van der Waals surface area contributed by atoms with Crippen molar-refractivity contribution in [3.05, 3.63) is 34.6 Å². The Labute approximate surface area is 104 Å². The van der Waals surface area contributed by atoms with Gasteiger partial charge in [0.25, 0.3) is 5.91 Å². The van der Waals surface area contributed by atoms with Gasteiger partial charge in [-0.15, -0.1) is 0 Å². The minimum Gasteiger partial charge on any atom is -0.351 e. The number of rotatable bonds is 5. The van der Waals surface area contributed by atoms with Gasteiger partial charge >= 0.3 is 0 Å². The molecule has 1 aromatic carbocycles. The number of halogens is 2. The molecule has 0 bridgehead atoms. The summed E-state index contributed by atoms with van der Waals surface area (Å²) in [5.41, 5.74) is 0.179. The number of amides is 1. The highest BCUT2D eigenvalue weighted by molar-refractivity contribution is 6.34. The van der Waals surface area contributed by atoms with Crippen LogP contribution in [-0.2, 0) is 0 Å². The van der Waals surface area contributed by atoms with Gasteiger partial charge in [-0.25, -0.2) is 4.39 Å². The third-order valence-electron chi connectivity index (χ3n) is 2.62. The van der Waals surface area contributed by atoms with E-state index in [9.17, 15) is 9.18 Å². The average molecular weight is 257 g/mol. The number of benzene rings is 1. The van der Waals surface area contributed by atoms with Gasteiger partial charge in [0, 0.05) is 19.1 Å². The van der Waals surface area contributed by atoms with Crippen molar-refractivity contribution in [1.82, 2.24) is 10.6 Å². The van der Waals surface area contributed by atoms with Gasteiger partial charge in [-0.1, -0.05) is 17.7 Å². The summed E-state index contributed by atoms with van der Waals surface area (Å²) >= 11 is 5.71. The fraction of sp³-hybridized carbons (Fsp3) is 0.417. The first-order valence-electron chi connectivity index (χ1n) is 5.64. The van der Waals surface area contributed by atoms with Gasteiger partial charge in [-0.3, -0.25) is 4.79 Å². The molecule has 0 spiro atoms. The zero-order valence-electron chi connectivity index (χ0n) is 9.30. The Bertz CT molecular complexity index is 421. The molecule has 5 heteroatoms. The van der Waals surface area contributed by atoms with Crippen LogP contribution >= 0.6 is 11.6 Å². The Kier molecular flexibility index (Phi) is 3.97. The van der Waals surface area contributed by atoms with E-state index in [0.29, 0.717) is 12.6 Å². The maximum atomic E-state index is 13.1. The second-order valence-corrected chi connectivity index (χ2v) is 4.46. The molecule has 1 aromatic rings. The molecule has 0 unspecified atom stereocenters. The van der Waals surface area contributed by atoms with E-state index in [1.54, 1.807) is 0 Å². The second-order valence-electron chi connectivity index (χ2n) is 4.09. The monoisotopic (exact) mass is 256 g/mol. The lowest BCUT2D eigenvalue weighted by atomic mass is 10.2. The van der Waals surface area contributed by atoms with Gasteiger partial charge in [0.15, 0.2) is 0 Å². The van der Waals surface area contributed by atoms with Crippen molar-refractivity contribution >= 4 is 17.5 Å². The zero-order chi connectivity index (χ0) is 12.3. The van der Waals surface area contributed by atoms with Crippen LogP contribution in [0.3, 0.4) is 0 Å². The predicted molar refractivity (Wildman–Crippen MR) is 64.8 cm³/mol. The van der Waals surface area contributed by atoms with Gasteiger partial charge in [0.1, 0.15) is 5.82 Å². The van der Waals surface area contributed by atoms with Gasteiger partial charge < -0.3 is 10.6 Å². The van der Waals surface area contributed by atoms with Crippen molar-refractivity contribution in [2.24, 2.45) is 0 Å². The van der Waals surface area contributed by atoms with E-state index in [4.69, 9.17) is 11.6 Å². The predicted octanol–water partition coefficient (Wildman–Crippen LogP) is 1.96. The lowest BCUT2D eigenvalue weighted by molar-refractivity contribution is 0.0953. The number of nitrogens with one attached hydrogen (secondary N) is 2. The number of hydrogen-bond donors (Lipinski definition) is 2. The van der Waals surface area contributed by atoms with Crippen LogP contribution in [0.4, 0.5) is 4.39 Å². The van der Waals surface area contributed by atoms with Crippen LogP contribution in [0.5, 0.6) is 0 Å². The standard InChI is InChI=1S/C12H14ClFN2O/c13-11-9(2-1-3-10(11)14)12(17)16-7-6-15-8-4-5-8/h1-3,8,15H,4-7H2,(H,16,17). The van der Waals surface area contributed by atoms with E-state index in [1.165, 1.54) is 31.0 Å². The summed E-state index contributed by atoms with van der Waals surface area (Å²) < 4.78 is 13.1. The maximum Gasteiger partial charge on any atom is 0.252 e. The molecule has 0 saturated heterocycles. The van der Waals surface area contributed by atoms with Gasteiger partial charge in [0.05, 0.1) is 10.6 Å².